The topological polar surface area (TPSA) is 66.4 Å². The summed E-state index contributed by atoms with van der Waals surface area (Å²) in [7, 11) is 0. The Morgan fingerprint density at radius 1 is 1.10 bits per heavy atom. The van der Waals surface area contributed by atoms with Crippen LogP contribution >= 0.6 is 22.6 Å². The van der Waals surface area contributed by atoms with Gasteiger partial charge in [-0.15, -0.1) is 0 Å². The van der Waals surface area contributed by atoms with Crippen molar-refractivity contribution in [3.63, 3.8) is 0 Å². The van der Waals surface area contributed by atoms with E-state index in [9.17, 15) is 9.59 Å². The van der Waals surface area contributed by atoms with Crippen LogP contribution in [-0.4, -0.2) is 17.0 Å². The second kappa shape index (κ2) is 6.51. The Hall–Kier alpha value is -1.89. The lowest BCUT2D eigenvalue weighted by molar-refractivity contribution is -0.136. The van der Waals surface area contributed by atoms with Crippen molar-refractivity contribution in [2.24, 2.45) is 0 Å². The summed E-state index contributed by atoms with van der Waals surface area (Å²) >= 11 is 2.15. The molecule has 20 heavy (non-hydrogen) atoms. The van der Waals surface area contributed by atoms with Gasteiger partial charge in [0, 0.05) is 14.8 Å². The third-order valence-corrected chi connectivity index (χ3v) is 3.32. The highest BCUT2D eigenvalue weighted by atomic mass is 127. The van der Waals surface area contributed by atoms with E-state index in [1.807, 2.05) is 12.1 Å². The maximum absolute atomic E-state index is 12.0. The Balaban J connectivity index is 2.06. The van der Waals surface area contributed by atoms with Crippen molar-refractivity contribution >= 4 is 40.2 Å². The average Bonchev–Trinajstić information content (AvgIpc) is 2.40. The molecule has 0 atom stereocenters. The number of hydrogen-bond acceptors (Lipinski definition) is 2. The second-order valence-electron chi connectivity index (χ2n) is 4.23. The van der Waals surface area contributed by atoms with Gasteiger partial charge < -0.3 is 10.4 Å². The van der Waals surface area contributed by atoms with E-state index in [1.54, 1.807) is 36.4 Å². The normalized spacial score (nSPS) is 10.1. The minimum Gasteiger partial charge on any atom is -0.481 e. The number of carboxylic acid groups (broad SMARTS) is 1. The summed E-state index contributed by atoms with van der Waals surface area (Å²) in [6, 6.07) is 14.1. The molecule has 4 nitrogen and oxygen atoms in total. The Kier molecular flexibility index (Phi) is 4.73. The number of amides is 1. The molecule has 5 heteroatoms. The molecule has 0 aromatic heterocycles. The number of nitrogens with one attached hydrogen (secondary N) is 1. The van der Waals surface area contributed by atoms with Crippen molar-refractivity contribution in [1.82, 2.24) is 0 Å². The van der Waals surface area contributed by atoms with Gasteiger partial charge in [-0.1, -0.05) is 18.2 Å². The summed E-state index contributed by atoms with van der Waals surface area (Å²) in [5.74, 6) is -1.06. The van der Waals surface area contributed by atoms with Crippen molar-refractivity contribution in [3.8, 4) is 0 Å². The first kappa shape index (κ1) is 14.5. The van der Waals surface area contributed by atoms with Crippen LogP contribution in [-0.2, 0) is 11.2 Å². The molecule has 2 N–H and O–H groups in total. The molecule has 0 saturated heterocycles. The van der Waals surface area contributed by atoms with E-state index >= 15 is 0 Å². The number of aliphatic carboxylic acids is 1. The van der Waals surface area contributed by atoms with Gasteiger partial charge in [-0.2, -0.15) is 0 Å². The van der Waals surface area contributed by atoms with Gasteiger partial charge in [-0.3, -0.25) is 9.59 Å². The Bertz CT molecular complexity index is 638. The summed E-state index contributed by atoms with van der Waals surface area (Å²) in [6.45, 7) is 0. The average molecular weight is 381 g/mol. The molecule has 0 unspecified atom stereocenters. The highest BCUT2D eigenvalue weighted by molar-refractivity contribution is 14.1. The quantitative estimate of drug-likeness (QED) is 0.800. The molecule has 0 aliphatic carbocycles. The molecule has 0 heterocycles. The molecule has 0 fully saturated rings. The lowest BCUT2D eigenvalue weighted by Gasteiger charge is -2.06. The van der Waals surface area contributed by atoms with Gasteiger partial charge in [0.15, 0.2) is 0 Å². The molecule has 2 aromatic carbocycles. The van der Waals surface area contributed by atoms with Crippen molar-refractivity contribution in [3.05, 3.63) is 63.2 Å². The first-order valence-electron chi connectivity index (χ1n) is 5.92. The van der Waals surface area contributed by atoms with Crippen LogP contribution in [0.3, 0.4) is 0 Å². The van der Waals surface area contributed by atoms with E-state index in [2.05, 4.69) is 27.9 Å². The zero-order chi connectivity index (χ0) is 14.5. The van der Waals surface area contributed by atoms with Crippen LogP contribution in [0.25, 0.3) is 0 Å². The standard InChI is InChI=1S/C15H12INO3/c16-12-3-1-2-11(9-12)15(20)17-13-6-4-10(5-7-13)8-14(18)19/h1-7,9H,8H2,(H,17,20)(H,18,19). The fraction of sp³-hybridized carbons (Fsp3) is 0.0667. The summed E-state index contributed by atoms with van der Waals surface area (Å²) in [4.78, 5) is 22.6. The van der Waals surface area contributed by atoms with E-state index in [-0.39, 0.29) is 12.3 Å². The number of anilines is 1. The molecule has 0 spiro atoms. The zero-order valence-electron chi connectivity index (χ0n) is 10.5. The molecule has 0 aliphatic rings. The molecule has 0 aliphatic heterocycles. The largest absolute Gasteiger partial charge is 0.481 e. The van der Waals surface area contributed by atoms with Crippen LogP contribution in [0.4, 0.5) is 5.69 Å². The third-order valence-electron chi connectivity index (χ3n) is 2.65. The Morgan fingerprint density at radius 2 is 1.80 bits per heavy atom. The van der Waals surface area contributed by atoms with Gasteiger partial charge in [-0.05, 0) is 58.5 Å². The van der Waals surface area contributed by atoms with Crippen LogP contribution < -0.4 is 5.32 Å². The van der Waals surface area contributed by atoms with Crippen molar-refractivity contribution < 1.29 is 14.7 Å². The van der Waals surface area contributed by atoms with Gasteiger partial charge in [0.1, 0.15) is 0 Å². The maximum atomic E-state index is 12.0. The Labute approximate surface area is 130 Å². The predicted molar refractivity (Wildman–Crippen MR) is 84.9 cm³/mol. The monoisotopic (exact) mass is 381 g/mol. The fourth-order valence-corrected chi connectivity index (χ4v) is 2.26. The minimum absolute atomic E-state index is 0.0227. The van der Waals surface area contributed by atoms with Crippen LogP contribution in [0.2, 0.25) is 0 Å². The smallest absolute Gasteiger partial charge is 0.307 e. The SMILES string of the molecule is O=C(O)Cc1ccc(NC(=O)c2cccc(I)c2)cc1. The lowest BCUT2D eigenvalue weighted by atomic mass is 10.1. The van der Waals surface area contributed by atoms with Gasteiger partial charge >= 0.3 is 5.97 Å². The summed E-state index contributed by atoms with van der Waals surface area (Å²) in [6.07, 6.45) is -0.0227. The number of halogens is 1. The van der Waals surface area contributed by atoms with Crippen LogP contribution in [0, 0.1) is 3.57 Å². The summed E-state index contributed by atoms with van der Waals surface area (Å²) < 4.78 is 0.993. The molecule has 2 rings (SSSR count). The second-order valence-corrected chi connectivity index (χ2v) is 5.48. The fourth-order valence-electron chi connectivity index (χ4n) is 1.71. The molecular formula is C15H12INO3. The van der Waals surface area contributed by atoms with Crippen molar-refractivity contribution in [2.45, 2.75) is 6.42 Å². The zero-order valence-corrected chi connectivity index (χ0v) is 12.6. The summed E-state index contributed by atoms with van der Waals surface area (Å²) in [5.41, 5.74) is 1.93. The number of rotatable bonds is 4. The van der Waals surface area contributed by atoms with Crippen LogP contribution in [0.5, 0.6) is 0 Å². The van der Waals surface area contributed by atoms with Gasteiger partial charge in [0.2, 0.25) is 0 Å². The number of carbonyl (C=O) groups is 2. The van der Waals surface area contributed by atoms with Crippen LogP contribution in [0.15, 0.2) is 48.5 Å². The third kappa shape index (κ3) is 4.06. The minimum atomic E-state index is -0.874. The first-order chi connectivity index (χ1) is 9.54. The van der Waals surface area contributed by atoms with E-state index in [4.69, 9.17) is 5.11 Å². The lowest BCUT2D eigenvalue weighted by Crippen LogP contribution is -2.12. The van der Waals surface area contributed by atoms with E-state index in [1.165, 1.54) is 0 Å². The number of carbonyl (C=O) groups excluding carboxylic acids is 1. The summed E-state index contributed by atoms with van der Waals surface area (Å²) in [5, 5.41) is 11.5. The maximum Gasteiger partial charge on any atom is 0.307 e. The predicted octanol–water partition coefficient (Wildman–Crippen LogP) is 3.17. The van der Waals surface area contributed by atoms with Crippen molar-refractivity contribution in [2.75, 3.05) is 5.32 Å². The first-order valence-corrected chi connectivity index (χ1v) is 7.00. The molecule has 0 saturated carbocycles. The molecule has 1 amide bonds. The van der Waals surface area contributed by atoms with Gasteiger partial charge in [0.25, 0.3) is 5.91 Å². The molecule has 2 aromatic rings. The van der Waals surface area contributed by atoms with Crippen molar-refractivity contribution in [1.29, 1.82) is 0 Å². The van der Waals surface area contributed by atoms with Gasteiger partial charge in [-0.25, -0.2) is 0 Å². The van der Waals surface area contributed by atoms with E-state index in [0.29, 0.717) is 16.8 Å². The number of benzene rings is 2. The molecular weight excluding hydrogens is 369 g/mol. The molecule has 102 valence electrons. The Morgan fingerprint density at radius 3 is 2.40 bits per heavy atom. The highest BCUT2D eigenvalue weighted by Gasteiger charge is 2.06. The molecule has 0 radical (unpaired) electrons. The number of hydrogen-bond donors (Lipinski definition) is 2. The van der Waals surface area contributed by atoms with Gasteiger partial charge in [0.05, 0.1) is 6.42 Å². The highest BCUT2D eigenvalue weighted by Crippen LogP contribution is 2.13. The van der Waals surface area contributed by atoms with E-state index < -0.39 is 5.97 Å². The van der Waals surface area contributed by atoms with E-state index in [0.717, 1.165) is 3.57 Å². The molecule has 0 bridgehead atoms. The number of carboxylic acids is 1. The van der Waals surface area contributed by atoms with Crippen LogP contribution in [0.1, 0.15) is 15.9 Å².